The van der Waals surface area contributed by atoms with E-state index in [1.165, 1.54) is 6.42 Å². The first-order valence-corrected chi connectivity index (χ1v) is 10.3. The molecule has 1 aromatic heterocycles. The van der Waals surface area contributed by atoms with Crippen molar-refractivity contribution in [2.75, 3.05) is 32.1 Å². The Bertz CT molecular complexity index is 1120. The van der Waals surface area contributed by atoms with Crippen molar-refractivity contribution in [1.29, 1.82) is 0 Å². The summed E-state index contributed by atoms with van der Waals surface area (Å²) < 4.78 is 0.828. The van der Waals surface area contributed by atoms with Gasteiger partial charge >= 0.3 is 0 Å². The first-order valence-electron chi connectivity index (χ1n) is 9.52. The molecule has 2 N–H and O–H groups in total. The van der Waals surface area contributed by atoms with Crippen molar-refractivity contribution >= 4 is 44.3 Å². The van der Waals surface area contributed by atoms with Crippen molar-refractivity contribution in [2.24, 2.45) is 4.99 Å². The number of aromatic amines is 1. The third-order valence-corrected chi connectivity index (χ3v) is 6.01. The van der Waals surface area contributed by atoms with Gasteiger partial charge in [0.15, 0.2) is 0 Å². The molecule has 1 fully saturated rings. The summed E-state index contributed by atoms with van der Waals surface area (Å²) in [6, 6.07) is 13.9. The van der Waals surface area contributed by atoms with Crippen LogP contribution in [-0.2, 0) is 0 Å². The third-order valence-electron chi connectivity index (χ3n) is 5.52. The Morgan fingerprint density at radius 1 is 1.24 bits per heavy atom. The number of hydrogen-bond acceptors (Lipinski definition) is 5. The number of aliphatic imine (C=N–C) groups is 1. The van der Waals surface area contributed by atoms with Crippen LogP contribution in [0.2, 0.25) is 0 Å². The van der Waals surface area contributed by atoms with Crippen LogP contribution in [0.5, 0.6) is 5.88 Å². The molecule has 1 saturated heterocycles. The largest absolute Gasteiger partial charge is 0.494 e. The lowest BCUT2D eigenvalue weighted by Gasteiger charge is -2.26. The number of likely N-dealkylation sites (N-methyl/N-ethyl adjacent to an activating group) is 2. The van der Waals surface area contributed by atoms with Crippen LogP contribution in [-0.4, -0.2) is 54.4 Å². The van der Waals surface area contributed by atoms with Crippen molar-refractivity contribution in [3.8, 4) is 5.88 Å². The summed E-state index contributed by atoms with van der Waals surface area (Å²) in [5.74, 6) is -0.189. The molecule has 1 unspecified atom stereocenters. The average molecular weight is 455 g/mol. The van der Waals surface area contributed by atoms with Gasteiger partial charge < -0.3 is 14.9 Å². The highest BCUT2D eigenvalue weighted by molar-refractivity contribution is 9.10. The molecule has 0 bridgehead atoms. The fourth-order valence-corrected chi connectivity index (χ4v) is 4.15. The zero-order valence-corrected chi connectivity index (χ0v) is 18.0. The number of rotatable bonds is 4. The molecule has 0 radical (unpaired) electrons. The molecule has 0 spiro atoms. The molecule has 0 amide bonds. The van der Waals surface area contributed by atoms with Crippen LogP contribution in [0.15, 0.2) is 56.7 Å². The van der Waals surface area contributed by atoms with Gasteiger partial charge in [0.1, 0.15) is 0 Å². The van der Waals surface area contributed by atoms with Gasteiger partial charge in [0.25, 0.3) is 5.56 Å². The average Bonchev–Trinajstić information content (AvgIpc) is 3.14. The summed E-state index contributed by atoms with van der Waals surface area (Å²) in [5.41, 5.74) is 2.09. The molecule has 7 heteroatoms. The standard InChI is InChI=1S/C22H23BrN4O2/c1-26-10-9-17(13-26)27(2)16-6-4-15(5-7-16)24-12-20-19-11-14(23)3-8-18(19)21(28)25-22(20)29/h3-8,11-12,17H,9-10,13H2,1-2H3,(H2,25,28,29). The lowest BCUT2D eigenvalue weighted by Crippen LogP contribution is -2.33. The summed E-state index contributed by atoms with van der Waals surface area (Å²) >= 11 is 3.42. The highest BCUT2D eigenvalue weighted by Crippen LogP contribution is 2.26. The number of pyridine rings is 1. The Morgan fingerprint density at radius 2 is 2.00 bits per heavy atom. The second kappa shape index (κ2) is 8.00. The van der Waals surface area contributed by atoms with Gasteiger partial charge in [0.05, 0.1) is 11.3 Å². The van der Waals surface area contributed by atoms with Gasteiger partial charge in [-0.3, -0.25) is 14.8 Å². The first-order chi connectivity index (χ1) is 13.9. The highest BCUT2D eigenvalue weighted by atomic mass is 79.9. The van der Waals surface area contributed by atoms with E-state index in [1.54, 1.807) is 18.3 Å². The third kappa shape index (κ3) is 4.06. The predicted octanol–water partition coefficient (Wildman–Crippen LogP) is 3.89. The second-order valence-corrected chi connectivity index (χ2v) is 8.41. The molecule has 1 atom stereocenters. The summed E-state index contributed by atoms with van der Waals surface area (Å²) in [6.45, 7) is 2.20. The normalized spacial score (nSPS) is 17.4. The van der Waals surface area contributed by atoms with E-state index in [0.717, 1.165) is 28.9 Å². The number of benzene rings is 2. The Labute approximate surface area is 177 Å². The van der Waals surface area contributed by atoms with Crippen molar-refractivity contribution in [2.45, 2.75) is 12.5 Å². The van der Waals surface area contributed by atoms with Gasteiger partial charge in [-0.1, -0.05) is 15.9 Å². The number of nitrogens with zero attached hydrogens (tertiary/aromatic N) is 3. The SMILES string of the molecule is CN1CCC(N(C)c2ccc(N=Cc3c(O)[nH]c(=O)c4ccc(Br)cc34)cc2)C1. The van der Waals surface area contributed by atoms with Crippen LogP contribution < -0.4 is 10.5 Å². The van der Waals surface area contributed by atoms with Crippen LogP contribution in [0.1, 0.15) is 12.0 Å². The van der Waals surface area contributed by atoms with Crippen LogP contribution in [0.25, 0.3) is 10.8 Å². The molecule has 0 saturated carbocycles. The molecule has 6 nitrogen and oxygen atoms in total. The number of aromatic nitrogens is 1. The number of halogens is 1. The fourth-order valence-electron chi connectivity index (χ4n) is 3.79. The van der Waals surface area contributed by atoms with Crippen LogP contribution in [0.3, 0.4) is 0 Å². The van der Waals surface area contributed by atoms with Crippen molar-refractivity contribution in [3.05, 3.63) is 62.9 Å². The summed E-state index contributed by atoms with van der Waals surface area (Å²) in [7, 11) is 4.28. The second-order valence-electron chi connectivity index (χ2n) is 7.50. The van der Waals surface area contributed by atoms with Gasteiger partial charge in [0, 0.05) is 46.8 Å². The summed E-state index contributed by atoms with van der Waals surface area (Å²) in [4.78, 5) is 23.7. The minimum Gasteiger partial charge on any atom is -0.494 e. The van der Waals surface area contributed by atoms with Crippen LogP contribution >= 0.6 is 15.9 Å². The van der Waals surface area contributed by atoms with Crippen molar-refractivity contribution < 1.29 is 5.11 Å². The lowest BCUT2D eigenvalue weighted by molar-refractivity contribution is 0.409. The van der Waals surface area contributed by atoms with E-state index in [4.69, 9.17) is 0 Å². The number of H-pyrrole nitrogens is 1. The molecule has 29 heavy (non-hydrogen) atoms. The molecule has 0 aliphatic carbocycles. The molecule has 3 aromatic rings. The van der Waals surface area contributed by atoms with E-state index in [-0.39, 0.29) is 11.4 Å². The number of fused-ring (bicyclic) bond motifs is 1. The number of hydrogen-bond donors (Lipinski definition) is 2. The molecule has 1 aliphatic rings. The highest BCUT2D eigenvalue weighted by Gasteiger charge is 2.23. The maximum Gasteiger partial charge on any atom is 0.258 e. The number of aromatic hydroxyl groups is 1. The Hall–Kier alpha value is -2.64. The van der Waals surface area contributed by atoms with Gasteiger partial charge in [-0.05, 0) is 62.5 Å². The smallest absolute Gasteiger partial charge is 0.258 e. The number of likely N-dealkylation sites (tertiary alicyclic amines) is 1. The van der Waals surface area contributed by atoms with Gasteiger partial charge in [0.2, 0.25) is 5.88 Å². The molecule has 150 valence electrons. The molecule has 2 heterocycles. The molecular weight excluding hydrogens is 432 g/mol. The monoisotopic (exact) mass is 454 g/mol. The Balaban J connectivity index is 1.60. The van der Waals surface area contributed by atoms with Gasteiger partial charge in [-0.15, -0.1) is 0 Å². The van der Waals surface area contributed by atoms with E-state index >= 15 is 0 Å². The topological polar surface area (TPSA) is 71.9 Å². The van der Waals surface area contributed by atoms with E-state index in [0.29, 0.717) is 22.4 Å². The van der Waals surface area contributed by atoms with E-state index < -0.39 is 0 Å². The first kappa shape index (κ1) is 19.7. The quantitative estimate of drug-likeness (QED) is 0.586. The van der Waals surface area contributed by atoms with E-state index in [9.17, 15) is 9.90 Å². The van der Waals surface area contributed by atoms with E-state index in [1.807, 2.05) is 18.2 Å². The summed E-state index contributed by atoms with van der Waals surface area (Å²) in [6.07, 6.45) is 2.76. The predicted molar refractivity (Wildman–Crippen MR) is 122 cm³/mol. The minimum absolute atomic E-state index is 0.189. The van der Waals surface area contributed by atoms with Crippen LogP contribution in [0, 0.1) is 0 Å². The summed E-state index contributed by atoms with van der Waals surface area (Å²) in [5, 5.41) is 11.4. The molecule has 4 rings (SSSR count). The van der Waals surface area contributed by atoms with Gasteiger partial charge in [-0.2, -0.15) is 0 Å². The maximum atomic E-state index is 12.1. The van der Waals surface area contributed by atoms with Crippen LogP contribution in [0.4, 0.5) is 11.4 Å². The van der Waals surface area contributed by atoms with Gasteiger partial charge in [-0.25, -0.2) is 0 Å². The zero-order valence-electron chi connectivity index (χ0n) is 16.4. The zero-order chi connectivity index (χ0) is 20.5. The Morgan fingerprint density at radius 3 is 2.69 bits per heavy atom. The number of anilines is 1. The number of nitrogens with one attached hydrogen (secondary N) is 1. The van der Waals surface area contributed by atoms with Crippen molar-refractivity contribution in [3.63, 3.8) is 0 Å². The minimum atomic E-state index is -0.327. The van der Waals surface area contributed by atoms with Crippen molar-refractivity contribution in [1.82, 2.24) is 9.88 Å². The lowest BCUT2D eigenvalue weighted by atomic mass is 10.1. The van der Waals surface area contributed by atoms with E-state index in [2.05, 4.69) is 61.9 Å². The fraction of sp³-hybridized carbons (Fsp3) is 0.273. The molecular formula is C22H23BrN4O2. The Kier molecular flexibility index (Phi) is 5.43. The molecule has 2 aromatic carbocycles. The maximum absolute atomic E-state index is 12.1. The molecule has 1 aliphatic heterocycles.